The zero-order valence-electron chi connectivity index (χ0n) is 14.9. The van der Waals surface area contributed by atoms with E-state index in [1.807, 2.05) is 42.5 Å². The Hall–Kier alpha value is -2.58. The normalized spacial score (nSPS) is 14.1. The lowest BCUT2D eigenvalue weighted by molar-refractivity contribution is -0.123. The summed E-state index contributed by atoms with van der Waals surface area (Å²) in [5, 5.41) is 5.44. The third-order valence-electron chi connectivity index (χ3n) is 3.81. The van der Waals surface area contributed by atoms with Crippen LogP contribution in [0, 0.1) is 0 Å². The van der Waals surface area contributed by atoms with Crippen molar-refractivity contribution in [3.8, 4) is 17.2 Å². The topological polar surface area (TPSA) is 60.4 Å². The van der Waals surface area contributed by atoms with Gasteiger partial charge in [0.05, 0.1) is 26.2 Å². The number of benzene rings is 2. The lowest BCUT2D eigenvalue weighted by atomic mass is 10.1. The molecule has 0 aliphatic carbocycles. The van der Waals surface area contributed by atoms with E-state index in [4.69, 9.17) is 26.4 Å². The van der Waals surface area contributed by atoms with Crippen molar-refractivity contribution < 1.29 is 19.0 Å². The first-order chi connectivity index (χ1) is 13.1. The fourth-order valence-electron chi connectivity index (χ4n) is 2.41. The van der Waals surface area contributed by atoms with Gasteiger partial charge in [-0.05, 0) is 48.0 Å². The molecule has 0 aromatic heterocycles. The molecule has 2 aromatic rings. The lowest BCUT2D eigenvalue weighted by Crippen LogP contribution is -2.22. The van der Waals surface area contributed by atoms with E-state index in [0.717, 1.165) is 22.6 Å². The molecule has 27 heavy (non-hydrogen) atoms. The third-order valence-corrected chi connectivity index (χ3v) is 5.15. The van der Waals surface area contributed by atoms with E-state index in [1.54, 1.807) is 20.4 Å². The van der Waals surface area contributed by atoms with E-state index in [9.17, 15) is 4.79 Å². The van der Waals surface area contributed by atoms with Gasteiger partial charge in [0.25, 0.3) is 5.91 Å². The van der Waals surface area contributed by atoms with Crippen molar-refractivity contribution in [2.75, 3.05) is 20.0 Å². The summed E-state index contributed by atoms with van der Waals surface area (Å²) in [4.78, 5) is 11.7. The Morgan fingerprint density at radius 1 is 1.15 bits per heavy atom. The number of carbonyl (C=O) groups is 1. The molecule has 1 heterocycles. The number of thiocarbonyl (C=S) groups is 1. The van der Waals surface area contributed by atoms with Crippen LogP contribution in [-0.2, 0) is 11.4 Å². The minimum atomic E-state index is -0.113. The van der Waals surface area contributed by atoms with Gasteiger partial charge in [0.1, 0.15) is 23.9 Å². The first-order valence-corrected chi connectivity index (χ1v) is 9.47. The molecule has 0 unspecified atom stereocenters. The maximum Gasteiger partial charge on any atom is 0.259 e. The number of hydrogen-bond donors (Lipinski definition) is 0. The Labute approximate surface area is 167 Å². The van der Waals surface area contributed by atoms with E-state index in [1.165, 1.54) is 16.8 Å². The maximum atomic E-state index is 11.7. The molecule has 0 bridgehead atoms. The van der Waals surface area contributed by atoms with Crippen molar-refractivity contribution in [3.63, 3.8) is 0 Å². The molecule has 1 aliphatic heterocycles. The summed E-state index contributed by atoms with van der Waals surface area (Å²) in [6, 6.07) is 13.0. The second kappa shape index (κ2) is 8.88. The minimum absolute atomic E-state index is 0.113. The van der Waals surface area contributed by atoms with Gasteiger partial charge in [-0.15, -0.1) is 0 Å². The van der Waals surface area contributed by atoms with Crippen LogP contribution in [0.4, 0.5) is 0 Å². The highest BCUT2D eigenvalue weighted by Gasteiger charge is 2.25. The van der Waals surface area contributed by atoms with Crippen molar-refractivity contribution in [1.82, 2.24) is 5.01 Å². The van der Waals surface area contributed by atoms with Crippen LogP contribution in [0.5, 0.6) is 17.2 Å². The van der Waals surface area contributed by atoms with Crippen LogP contribution in [0.15, 0.2) is 47.6 Å². The third kappa shape index (κ3) is 4.78. The second-order valence-electron chi connectivity index (χ2n) is 5.54. The number of rotatable bonds is 7. The van der Waals surface area contributed by atoms with E-state index < -0.39 is 0 Å². The second-order valence-corrected chi connectivity index (χ2v) is 7.15. The van der Waals surface area contributed by atoms with Crippen LogP contribution in [0.3, 0.4) is 0 Å². The number of hydrogen-bond acceptors (Lipinski definition) is 7. The summed E-state index contributed by atoms with van der Waals surface area (Å²) in [5.41, 5.74) is 1.68. The van der Waals surface area contributed by atoms with Gasteiger partial charge in [-0.1, -0.05) is 24.0 Å². The van der Waals surface area contributed by atoms with Crippen LogP contribution in [0.1, 0.15) is 11.1 Å². The first-order valence-electron chi connectivity index (χ1n) is 8.08. The lowest BCUT2D eigenvalue weighted by Gasteiger charge is -2.12. The van der Waals surface area contributed by atoms with Crippen molar-refractivity contribution in [1.29, 1.82) is 0 Å². The molecular weight excluding hydrogens is 384 g/mol. The van der Waals surface area contributed by atoms with Gasteiger partial charge in [0, 0.05) is 5.56 Å². The van der Waals surface area contributed by atoms with Gasteiger partial charge in [-0.2, -0.15) is 10.1 Å². The monoisotopic (exact) mass is 402 g/mol. The molecule has 140 valence electrons. The van der Waals surface area contributed by atoms with Crippen molar-refractivity contribution in [2.24, 2.45) is 5.10 Å². The Kier molecular flexibility index (Phi) is 6.31. The van der Waals surface area contributed by atoms with Gasteiger partial charge in [0.15, 0.2) is 4.32 Å². The van der Waals surface area contributed by atoms with Crippen LogP contribution in [0.2, 0.25) is 0 Å². The molecule has 6 nitrogen and oxygen atoms in total. The molecule has 1 fully saturated rings. The van der Waals surface area contributed by atoms with Gasteiger partial charge in [-0.3, -0.25) is 4.79 Å². The molecule has 8 heteroatoms. The Morgan fingerprint density at radius 3 is 2.52 bits per heavy atom. The Bertz CT molecular complexity index is 853. The molecule has 1 saturated heterocycles. The SMILES string of the molecule is COc1ccc(OCc2cc(/C=N/N3C(=O)CSC3=S)ccc2OC)cc1. The zero-order chi connectivity index (χ0) is 19.2. The molecule has 0 saturated carbocycles. The largest absolute Gasteiger partial charge is 0.497 e. The summed E-state index contributed by atoms with van der Waals surface area (Å²) in [7, 11) is 3.23. The van der Waals surface area contributed by atoms with Crippen molar-refractivity contribution >= 4 is 40.4 Å². The van der Waals surface area contributed by atoms with Gasteiger partial charge < -0.3 is 14.2 Å². The summed E-state index contributed by atoms with van der Waals surface area (Å²) >= 11 is 6.43. The standard InChI is InChI=1S/C19H18N2O4S2/c1-23-15-4-6-16(7-5-15)25-11-14-9-13(3-8-17(14)24-2)10-20-21-18(22)12-27-19(21)26/h3-10H,11-12H2,1-2H3/b20-10+. The molecule has 0 radical (unpaired) electrons. The summed E-state index contributed by atoms with van der Waals surface area (Å²) in [6.45, 7) is 0.327. The molecule has 0 spiro atoms. The molecule has 2 aromatic carbocycles. The quantitative estimate of drug-likeness (QED) is 0.522. The highest BCUT2D eigenvalue weighted by atomic mass is 32.2. The molecular formula is C19H18N2O4S2. The Morgan fingerprint density at radius 2 is 1.89 bits per heavy atom. The van der Waals surface area contributed by atoms with Crippen LogP contribution < -0.4 is 14.2 Å². The number of nitrogens with zero attached hydrogens (tertiary/aromatic N) is 2. The van der Waals surface area contributed by atoms with Gasteiger partial charge in [0.2, 0.25) is 0 Å². The average Bonchev–Trinajstić information content (AvgIpc) is 3.02. The molecule has 0 N–H and O–H groups in total. The summed E-state index contributed by atoms with van der Waals surface area (Å²) < 4.78 is 16.8. The smallest absolute Gasteiger partial charge is 0.259 e. The van der Waals surface area contributed by atoms with Crippen LogP contribution in [-0.4, -0.2) is 41.4 Å². The molecule has 1 amide bonds. The number of hydrazone groups is 1. The van der Waals surface area contributed by atoms with E-state index in [2.05, 4.69) is 5.10 Å². The number of ether oxygens (including phenoxy) is 3. The number of thioether (sulfide) groups is 1. The fourth-order valence-corrected chi connectivity index (χ4v) is 3.37. The summed E-state index contributed by atoms with van der Waals surface area (Å²) in [6.07, 6.45) is 1.60. The number of methoxy groups -OCH3 is 2. The number of carbonyl (C=O) groups excluding carboxylic acids is 1. The molecule has 0 atom stereocenters. The predicted octanol–water partition coefficient (Wildman–Crippen LogP) is 3.48. The van der Waals surface area contributed by atoms with Gasteiger partial charge >= 0.3 is 0 Å². The number of amides is 1. The molecule has 3 rings (SSSR count). The highest BCUT2D eigenvalue weighted by Crippen LogP contribution is 2.24. The van der Waals surface area contributed by atoms with E-state index in [-0.39, 0.29) is 5.91 Å². The fraction of sp³-hybridized carbons (Fsp3) is 0.211. The van der Waals surface area contributed by atoms with Crippen LogP contribution in [0.25, 0.3) is 0 Å². The van der Waals surface area contributed by atoms with Crippen molar-refractivity contribution in [3.05, 3.63) is 53.6 Å². The van der Waals surface area contributed by atoms with Crippen LogP contribution >= 0.6 is 24.0 Å². The van der Waals surface area contributed by atoms with E-state index >= 15 is 0 Å². The van der Waals surface area contributed by atoms with E-state index in [0.29, 0.717) is 22.4 Å². The minimum Gasteiger partial charge on any atom is -0.497 e. The molecule has 1 aliphatic rings. The average molecular weight is 402 g/mol. The first kappa shape index (κ1) is 19.2. The summed E-state index contributed by atoms with van der Waals surface area (Å²) in [5.74, 6) is 2.43. The van der Waals surface area contributed by atoms with Crippen molar-refractivity contribution in [2.45, 2.75) is 6.61 Å². The maximum absolute atomic E-state index is 11.7. The highest BCUT2D eigenvalue weighted by molar-refractivity contribution is 8.23. The van der Waals surface area contributed by atoms with Gasteiger partial charge in [-0.25, -0.2) is 0 Å². The Balaban J connectivity index is 1.72. The zero-order valence-corrected chi connectivity index (χ0v) is 16.5. The predicted molar refractivity (Wildman–Crippen MR) is 110 cm³/mol.